The summed E-state index contributed by atoms with van der Waals surface area (Å²) in [4.78, 5) is 15.3. The highest BCUT2D eigenvalue weighted by molar-refractivity contribution is 5.87. The standard InChI is InChI=1S/C20H33N3O.2ClH/c1-4-16(5-2)18(23-13-9-10-14-23)15-22-19(24)20(3,21)17-11-7-6-8-12-17;;/h6-8,11-12,16,18H,4-5,9-10,13-15,21H2,1-3H3,(H,22,24);2*1H. The van der Waals surface area contributed by atoms with Crippen molar-refractivity contribution in [1.29, 1.82) is 0 Å². The maximum atomic E-state index is 12.7. The van der Waals surface area contributed by atoms with Crippen molar-refractivity contribution in [3.05, 3.63) is 35.9 Å². The van der Waals surface area contributed by atoms with E-state index in [-0.39, 0.29) is 30.7 Å². The van der Waals surface area contributed by atoms with E-state index in [1.54, 1.807) is 6.92 Å². The van der Waals surface area contributed by atoms with Gasteiger partial charge in [0.15, 0.2) is 0 Å². The summed E-state index contributed by atoms with van der Waals surface area (Å²) in [5, 5.41) is 3.14. The van der Waals surface area contributed by atoms with E-state index < -0.39 is 5.54 Å². The molecule has 3 N–H and O–H groups in total. The fourth-order valence-corrected chi connectivity index (χ4v) is 3.80. The summed E-state index contributed by atoms with van der Waals surface area (Å²) in [6.07, 6.45) is 4.82. The molecule has 4 nitrogen and oxygen atoms in total. The number of hydrogen-bond donors (Lipinski definition) is 2. The molecule has 0 radical (unpaired) electrons. The maximum absolute atomic E-state index is 12.7. The normalized spacial score (nSPS) is 17.7. The second-order valence-corrected chi connectivity index (χ2v) is 7.17. The third kappa shape index (κ3) is 6.12. The summed E-state index contributed by atoms with van der Waals surface area (Å²) >= 11 is 0. The van der Waals surface area contributed by atoms with Crippen LogP contribution in [0.25, 0.3) is 0 Å². The molecule has 1 aliphatic heterocycles. The molecule has 0 bridgehead atoms. The monoisotopic (exact) mass is 403 g/mol. The number of halogens is 2. The van der Waals surface area contributed by atoms with Gasteiger partial charge in [-0.05, 0) is 44.3 Å². The summed E-state index contributed by atoms with van der Waals surface area (Å²) in [5.41, 5.74) is 6.19. The molecule has 1 fully saturated rings. The van der Waals surface area contributed by atoms with Gasteiger partial charge in [-0.25, -0.2) is 0 Å². The molecule has 1 amide bonds. The third-order valence-corrected chi connectivity index (χ3v) is 5.52. The van der Waals surface area contributed by atoms with Crippen molar-refractivity contribution < 1.29 is 4.79 Å². The topological polar surface area (TPSA) is 58.4 Å². The fraction of sp³-hybridized carbons (Fsp3) is 0.650. The number of hydrogen-bond acceptors (Lipinski definition) is 3. The molecule has 1 aromatic carbocycles. The Balaban J connectivity index is 0.00000312. The smallest absolute Gasteiger partial charge is 0.244 e. The molecule has 0 aliphatic carbocycles. The molecule has 0 aromatic heterocycles. The highest BCUT2D eigenvalue weighted by Crippen LogP contribution is 2.23. The van der Waals surface area contributed by atoms with Crippen molar-refractivity contribution in [3.63, 3.8) is 0 Å². The minimum Gasteiger partial charge on any atom is -0.353 e. The predicted molar refractivity (Wildman–Crippen MR) is 114 cm³/mol. The molecule has 6 heteroatoms. The van der Waals surface area contributed by atoms with Crippen LogP contribution < -0.4 is 11.1 Å². The number of nitrogens with two attached hydrogens (primary N) is 1. The first-order valence-corrected chi connectivity index (χ1v) is 9.37. The number of nitrogens with one attached hydrogen (secondary N) is 1. The van der Waals surface area contributed by atoms with Crippen LogP contribution >= 0.6 is 24.8 Å². The Bertz CT molecular complexity index is 513. The molecule has 26 heavy (non-hydrogen) atoms. The fourth-order valence-electron chi connectivity index (χ4n) is 3.80. The molecule has 1 aromatic rings. The first-order chi connectivity index (χ1) is 11.5. The number of carbonyl (C=O) groups excluding carboxylic acids is 1. The van der Waals surface area contributed by atoms with Gasteiger partial charge in [-0.3, -0.25) is 9.69 Å². The zero-order valence-electron chi connectivity index (χ0n) is 16.2. The molecule has 150 valence electrons. The van der Waals surface area contributed by atoms with Gasteiger partial charge in [0.1, 0.15) is 5.54 Å². The van der Waals surface area contributed by atoms with Gasteiger partial charge >= 0.3 is 0 Å². The van der Waals surface area contributed by atoms with Crippen molar-refractivity contribution in [3.8, 4) is 0 Å². The molecule has 2 rings (SSSR count). The van der Waals surface area contributed by atoms with Crippen LogP contribution in [0.1, 0.15) is 52.0 Å². The maximum Gasteiger partial charge on any atom is 0.244 e. The lowest BCUT2D eigenvalue weighted by molar-refractivity contribution is -0.126. The molecule has 1 saturated heterocycles. The average Bonchev–Trinajstić information content (AvgIpc) is 3.13. The van der Waals surface area contributed by atoms with E-state index in [0.717, 1.165) is 31.5 Å². The van der Waals surface area contributed by atoms with E-state index in [2.05, 4.69) is 24.1 Å². The Kier molecular flexibility index (Phi) is 11.4. The summed E-state index contributed by atoms with van der Waals surface area (Å²) in [5.74, 6) is 0.521. The van der Waals surface area contributed by atoms with Gasteiger partial charge in [0.25, 0.3) is 0 Å². The Morgan fingerprint density at radius 3 is 2.19 bits per heavy atom. The van der Waals surface area contributed by atoms with Crippen LogP contribution in [0.5, 0.6) is 0 Å². The highest BCUT2D eigenvalue weighted by atomic mass is 35.5. The van der Waals surface area contributed by atoms with Gasteiger partial charge < -0.3 is 11.1 Å². The van der Waals surface area contributed by atoms with Crippen LogP contribution in [-0.4, -0.2) is 36.5 Å². The van der Waals surface area contributed by atoms with Crippen molar-refractivity contribution in [1.82, 2.24) is 10.2 Å². The van der Waals surface area contributed by atoms with E-state index in [9.17, 15) is 4.79 Å². The predicted octanol–water partition coefficient (Wildman–Crippen LogP) is 3.72. The van der Waals surface area contributed by atoms with Crippen LogP contribution in [-0.2, 0) is 10.3 Å². The second kappa shape index (κ2) is 11.8. The van der Waals surface area contributed by atoms with Crippen LogP contribution in [0.4, 0.5) is 0 Å². The number of likely N-dealkylation sites (tertiary alicyclic amines) is 1. The minimum absolute atomic E-state index is 0. The van der Waals surface area contributed by atoms with Gasteiger partial charge in [0.2, 0.25) is 5.91 Å². The van der Waals surface area contributed by atoms with E-state index in [1.807, 2.05) is 30.3 Å². The highest BCUT2D eigenvalue weighted by Gasteiger charge is 2.33. The van der Waals surface area contributed by atoms with Crippen molar-refractivity contribution in [2.24, 2.45) is 11.7 Å². The lowest BCUT2D eigenvalue weighted by Crippen LogP contribution is -2.53. The Labute approximate surface area is 171 Å². The number of carbonyl (C=O) groups is 1. The molecule has 2 atom stereocenters. The zero-order valence-corrected chi connectivity index (χ0v) is 17.9. The Hall–Kier alpha value is -0.810. The van der Waals surface area contributed by atoms with Crippen LogP contribution in [0.15, 0.2) is 30.3 Å². The number of nitrogens with zero attached hydrogens (tertiary/aromatic N) is 1. The van der Waals surface area contributed by atoms with E-state index in [4.69, 9.17) is 5.73 Å². The van der Waals surface area contributed by atoms with Crippen LogP contribution in [0.2, 0.25) is 0 Å². The van der Waals surface area contributed by atoms with Crippen molar-refractivity contribution >= 4 is 30.7 Å². The summed E-state index contributed by atoms with van der Waals surface area (Å²) in [6.45, 7) is 9.27. The first kappa shape index (κ1) is 25.2. The van der Waals surface area contributed by atoms with Gasteiger partial charge in [0.05, 0.1) is 0 Å². The largest absolute Gasteiger partial charge is 0.353 e. The molecule has 1 aliphatic rings. The molecule has 2 unspecified atom stereocenters. The Morgan fingerprint density at radius 1 is 1.15 bits per heavy atom. The molecular weight excluding hydrogens is 369 g/mol. The SMILES string of the molecule is CCC(CC)C(CNC(=O)C(C)(N)c1ccccc1)N1CCCC1.Cl.Cl. The zero-order chi connectivity index (χ0) is 17.6. The first-order valence-electron chi connectivity index (χ1n) is 9.37. The van der Waals surface area contributed by atoms with E-state index in [1.165, 1.54) is 12.8 Å². The molecule has 0 spiro atoms. The minimum atomic E-state index is -0.995. The van der Waals surface area contributed by atoms with Crippen LogP contribution in [0, 0.1) is 5.92 Å². The van der Waals surface area contributed by atoms with Gasteiger partial charge in [-0.2, -0.15) is 0 Å². The summed E-state index contributed by atoms with van der Waals surface area (Å²) in [7, 11) is 0. The Morgan fingerprint density at radius 2 is 1.69 bits per heavy atom. The number of rotatable bonds is 8. The lowest BCUT2D eigenvalue weighted by Gasteiger charge is -2.35. The quantitative estimate of drug-likeness (QED) is 0.694. The van der Waals surface area contributed by atoms with Crippen molar-refractivity contribution in [2.75, 3.05) is 19.6 Å². The second-order valence-electron chi connectivity index (χ2n) is 7.17. The number of benzene rings is 1. The van der Waals surface area contributed by atoms with E-state index >= 15 is 0 Å². The van der Waals surface area contributed by atoms with Gasteiger partial charge in [-0.15, -0.1) is 24.8 Å². The molecule has 1 heterocycles. The van der Waals surface area contributed by atoms with E-state index in [0.29, 0.717) is 18.5 Å². The van der Waals surface area contributed by atoms with Crippen molar-refractivity contribution in [2.45, 2.75) is 58.0 Å². The molecule has 0 saturated carbocycles. The summed E-state index contributed by atoms with van der Waals surface area (Å²) in [6, 6.07) is 10.0. The van der Waals surface area contributed by atoms with Crippen LogP contribution in [0.3, 0.4) is 0 Å². The summed E-state index contributed by atoms with van der Waals surface area (Å²) < 4.78 is 0. The number of amides is 1. The third-order valence-electron chi connectivity index (χ3n) is 5.52. The average molecular weight is 404 g/mol. The van der Waals surface area contributed by atoms with Gasteiger partial charge in [0, 0.05) is 12.6 Å². The van der Waals surface area contributed by atoms with Gasteiger partial charge in [-0.1, -0.05) is 57.0 Å². The molecular formula is C20H35Cl2N3O. The lowest BCUT2D eigenvalue weighted by atomic mass is 9.90.